The number of ether oxygens (including phenoxy) is 1. The molecule has 3 rings (SSSR count). The van der Waals surface area contributed by atoms with Crippen LogP contribution in [0.1, 0.15) is 39.0 Å². The normalized spacial score (nSPS) is 42.9. The van der Waals surface area contributed by atoms with Crippen LogP contribution in [0.15, 0.2) is 0 Å². The molecule has 2 aliphatic carbocycles. The van der Waals surface area contributed by atoms with Crippen molar-refractivity contribution < 1.29 is 4.74 Å². The molecule has 1 saturated heterocycles. The van der Waals surface area contributed by atoms with Crippen LogP contribution in [0.25, 0.3) is 0 Å². The molecule has 98 valence electrons. The van der Waals surface area contributed by atoms with Crippen molar-refractivity contribution in [1.29, 1.82) is 0 Å². The van der Waals surface area contributed by atoms with Gasteiger partial charge in [-0.2, -0.15) is 0 Å². The average Bonchev–Trinajstić information content (AvgIpc) is 2.92. The molecule has 2 bridgehead atoms. The monoisotopic (exact) mass is 238 g/mol. The van der Waals surface area contributed by atoms with E-state index in [2.05, 4.69) is 17.6 Å². The van der Waals surface area contributed by atoms with Crippen molar-refractivity contribution in [2.24, 2.45) is 11.8 Å². The van der Waals surface area contributed by atoms with E-state index in [-0.39, 0.29) is 0 Å². The third kappa shape index (κ3) is 2.83. The predicted molar refractivity (Wildman–Crippen MR) is 69.1 cm³/mol. The maximum absolute atomic E-state index is 5.51. The molecule has 0 radical (unpaired) electrons. The lowest BCUT2D eigenvalue weighted by Crippen LogP contribution is -2.47. The van der Waals surface area contributed by atoms with E-state index in [0.29, 0.717) is 12.1 Å². The lowest BCUT2D eigenvalue weighted by Gasteiger charge is -2.30. The molecule has 5 atom stereocenters. The van der Waals surface area contributed by atoms with Gasteiger partial charge < -0.3 is 15.4 Å². The van der Waals surface area contributed by atoms with Gasteiger partial charge in [0.25, 0.3) is 0 Å². The van der Waals surface area contributed by atoms with Gasteiger partial charge in [0.15, 0.2) is 0 Å². The van der Waals surface area contributed by atoms with Gasteiger partial charge in [0.05, 0.1) is 13.2 Å². The average molecular weight is 238 g/mol. The van der Waals surface area contributed by atoms with E-state index in [0.717, 1.165) is 37.6 Å². The summed E-state index contributed by atoms with van der Waals surface area (Å²) in [7, 11) is 0. The Morgan fingerprint density at radius 3 is 2.94 bits per heavy atom. The fourth-order valence-electron chi connectivity index (χ4n) is 4.08. The standard InChI is InChI=1S/C14H26N2O/c1-10(6-13-9-17-5-4-15-13)16-14-8-11-2-3-12(14)7-11/h10-16H,2-9H2,1H3. The highest BCUT2D eigenvalue weighted by Gasteiger charge is 2.39. The summed E-state index contributed by atoms with van der Waals surface area (Å²) >= 11 is 0. The van der Waals surface area contributed by atoms with Crippen molar-refractivity contribution in [2.45, 2.75) is 57.2 Å². The minimum atomic E-state index is 0.560. The van der Waals surface area contributed by atoms with Gasteiger partial charge in [-0.25, -0.2) is 0 Å². The van der Waals surface area contributed by atoms with Crippen LogP contribution in [0.5, 0.6) is 0 Å². The van der Waals surface area contributed by atoms with Crippen LogP contribution in [0.3, 0.4) is 0 Å². The highest BCUT2D eigenvalue weighted by Crippen LogP contribution is 2.44. The first-order valence-corrected chi connectivity index (χ1v) is 7.38. The summed E-state index contributed by atoms with van der Waals surface area (Å²) in [5, 5.41) is 7.41. The number of morpholine rings is 1. The summed E-state index contributed by atoms with van der Waals surface area (Å²) in [6.07, 6.45) is 7.10. The maximum Gasteiger partial charge on any atom is 0.0620 e. The molecule has 0 aromatic carbocycles. The minimum absolute atomic E-state index is 0.560. The SMILES string of the molecule is CC(CC1COCCN1)NC1CC2CCC1C2. The molecule has 3 nitrogen and oxygen atoms in total. The van der Waals surface area contributed by atoms with Crippen LogP contribution in [0, 0.1) is 11.8 Å². The third-order valence-corrected chi connectivity index (χ3v) is 4.87. The first kappa shape index (κ1) is 11.9. The van der Waals surface area contributed by atoms with Crippen LogP contribution in [0.2, 0.25) is 0 Å². The van der Waals surface area contributed by atoms with Gasteiger partial charge in [0, 0.05) is 24.7 Å². The summed E-state index contributed by atoms with van der Waals surface area (Å²) in [6, 6.07) is 2.00. The molecule has 0 spiro atoms. The first-order chi connectivity index (χ1) is 8.31. The summed E-state index contributed by atoms with van der Waals surface area (Å²) in [5.41, 5.74) is 0. The van der Waals surface area contributed by atoms with Crippen molar-refractivity contribution in [1.82, 2.24) is 10.6 Å². The second-order valence-corrected chi connectivity index (χ2v) is 6.31. The molecule has 17 heavy (non-hydrogen) atoms. The molecule has 0 aromatic rings. The van der Waals surface area contributed by atoms with Gasteiger partial charge in [0.1, 0.15) is 0 Å². The number of hydrogen-bond acceptors (Lipinski definition) is 3. The quantitative estimate of drug-likeness (QED) is 0.779. The molecule has 1 heterocycles. The summed E-state index contributed by atoms with van der Waals surface area (Å²) in [4.78, 5) is 0. The van der Waals surface area contributed by atoms with Crippen molar-refractivity contribution >= 4 is 0 Å². The summed E-state index contributed by atoms with van der Waals surface area (Å²) in [6.45, 7) is 5.13. The van der Waals surface area contributed by atoms with E-state index in [1.54, 1.807) is 0 Å². The van der Waals surface area contributed by atoms with Crippen LogP contribution in [-0.2, 0) is 4.74 Å². The van der Waals surface area contributed by atoms with Crippen LogP contribution in [0.4, 0.5) is 0 Å². The molecule has 0 aromatic heterocycles. The van der Waals surface area contributed by atoms with Crippen molar-refractivity contribution in [3.8, 4) is 0 Å². The van der Waals surface area contributed by atoms with Crippen LogP contribution in [-0.4, -0.2) is 37.9 Å². The molecular weight excluding hydrogens is 212 g/mol. The van der Waals surface area contributed by atoms with Crippen molar-refractivity contribution in [3.63, 3.8) is 0 Å². The largest absolute Gasteiger partial charge is 0.379 e. The predicted octanol–water partition coefficient (Wildman–Crippen LogP) is 1.53. The van der Waals surface area contributed by atoms with Gasteiger partial charge in [0.2, 0.25) is 0 Å². The summed E-state index contributed by atoms with van der Waals surface area (Å²) in [5.74, 6) is 2.03. The van der Waals surface area contributed by atoms with Gasteiger partial charge in [-0.15, -0.1) is 0 Å². The van der Waals surface area contributed by atoms with E-state index >= 15 is 0 Å². The summed E-state index contributed by atoms with van der Waals surface area (Å²) < 4.78 is 5.51. The van der Waals surface area contributed by atoms with E-state index in [1.165, 1.54) is 32.1 Å². The van der Waals surface area contributed by atoms with Gasteiger partial charge in [-0.1, -0.05) is 6.42 Å². The first-order valence-electron chi connectivity index (χ1n) is 7.38. The number of fused-ring (bicyclic) bond motifs is 2. The molecule has 3 heteroatoms. The molecule has 0 amide bonds. The minimum Gasteiger partial charge on any atom is -0.379 e. The zero-order valence-electron chi connectivity index (χ0n) is 11.0. The van der Waals surface area contributed by atoms with Crippen molar-refractivity contribution in [3.05, 3.63) is 0 Å². The Kier molecular flexibility index (Phi) is 3.69. The molecule has 3 fully saturated rings. The Labute approximate surface area is 105 Å². The van der Waals surface area contributed by atoms with Gasteiger partial charge >= 0.3 is 0 Å². The molecule has 5 unspecified atom stereocenters. The fraction of sp³-hybridized carbons (Fsp3) is 1.00. The topological polar surface area (TPSA) is 33.3 Å². The third-order valence-electron chi connectivity index (χ3n) is 4.87. The van der Waals surface area contributed by atoms with Crippen LogP contribution >= 0.6 is 0 Å². The van der Waals surface area contributed by atoms with Gasteiger partial charge in [-0.05, 0) is 44.4 Å². The maximum atomic E-state index is 5.51. The second kappa shape index (κ2) is 5.25. The Balaban J connectivity index is 1.42. The highest BCUT2D eigenvalue weighted by atomic mass is 16.5. The number of hydrogen-bond donors (Lipinski definition) is 2. The Bertz CT molecular complexity index is 253. The van der Waals surface area contributed by atoms with E-state index in [9.17, 15) is 0 Å². The van der Waals surface area contributed by atoms with E-state index in [4.69, 9.17) is 4.74 Å². The molecular formula is C14H26N2O. The smallest absolute Gasteiger partial charge is 0.0620 e. The van der Waals surface area contributed by atoms with Crippen molar-refractivity contribution in [2.75, 3.05) is 19.8 Å². The van der Waals surface area contributed by atoms with Gasteiger partial charge in [-0.3, -0.25) is 0 Å². The fourth-order valence-corrected chi connectivity index (χ4v) is 4.08. The Hall–Kier alpha value is -0.120. The zero-order chi connectivity index (χ0) is 11.7. The van der Waals surface area contributed by atoms with E-state index < -0.39 is 0 Å². The zero-order valence-corrected chi connectivity index (χ0v) is 11.0. The number of rotatable bonds is 4. The Morgan fingerprint density at radius 1 is 1.35 bits per heavy atom. The molecule has 2 saturated carbocycles. The second-order valence-electron chi connectivity index (χ2n) is 6.31. The van der Waals surface area contributed by atoms with E-state index in [1.807, 2.05) is 0 Å². The Morgan fingerprint density at radius 2 is 2.29 bits per heavy atom. The molecule has 1 aliphatic heterocycles. The lowest BCUT2D eigenvalue weighted by atomic mass is 9.94. The molecule has 2 N–H and O–H groups in total. The van der Waals surface area contributed by atoms with Crippen LogP contribution < -0.4 is 10.6 Å². The number of nitrogens with one attached hydrogen (secondary N) is 2. The highest BCUT2D eigenvalue weighted by molar-refractivity contribution is 4.95. The molecule has 3 aliphatic rings. The lowest BCUT2D eigenvalue weighted by molar-refractivity contribution is 0.0703.